The molecule has 2 aliphatic heterocycles. The van der Waals surface area contributed by atoms with Gasteiger partial charge in [-0.2, -0.15) is 0 Å². The third-order valence-electron chi connectivity index (χ3n) is 5.15. The van der Waals surface area contributed by atoms with Gasteiger partial charge in [-0.3, -0.25) is 9.69 Å². The first-order valence-electron chi connectivity index (χ1n) is 9.30. The predicted octanol–water partition coefficient (Wildman–Crippen LogP) is 3.03. The second kappa shape index (κ2) is 8.42. The van der Waals surface area contributed by atoms with E-state index >= 15 is 0 Å². The van der Waals surface area contributed by atoms with E-state index in [0.29, 0.717) is 19.8 Å². The molecular weight excluding hydrogens is 363 g/mol. The van der Waals surface area contributed by atoms with Gasteiger partial charge in [0.25, 0.3) is 0 Å². The fraction of sp³-hybridized carbons (Fsp3) is 0.381. The Labute approximate surface area is 163 Å². The van der Waals surface area contributed by atoms with Gasteiger partial charge in [-0.25, -0.2) is 4.39 Å². The summed E-state index contributed by atoms with van der Waals surface area (Å²) in [5.74, 6) is -0.180. The molecule has 0 spiro atoms. The maximum absolute atomic E-state index is 13.3. The Hall–Kier alpha value is -1.89. The summed E-state index contributed by atoms with van der Waals surface area (Å²) in [5, 5.41) is 3.05. The van der Waals surface area contributed by atoms with E-state index in [1.54, 1.807) is 11.8 Å². The molecule has 4 nitrogen and oxygen atoms in total. The van der Waals surface area contributed by atoms with Crippen LogP contribution in [-0.2, 0) is 16.0 Å². The van der Waals surface area contributed by atoms with Crippen LogP contribution >= 0.6 is 11.8 Å². The summed E-state index contributed by atoms with van der Waals surface area (Å²) in [6, 6.07) is 14.8. The molecule has 2 atom stereocenters. The summed E-state index contributed by atoms with van der Waals surface area (Å²) < 4.78 is 18.8. The molecule has 0 saturated carbocycles. The number of thioether (sulfide) groups is 1. The molecule has 0 aliphatic carbocycles. The Balaban J connectivity index is 1.42. The summed E-state index contributed by atoms with van der Waals surface area (Å²) in [4.78, 5) is 16.2. The Morgan fingerprint density at radius 1 is 1.19 bits per heavy atom. The van der Waals surface area contributed by atoms with Crippen LogP contribution in [0, 0.1) is 5.82 Å². The highest BCUT2D eigenvalue weighted by atomic mass is 32.2. The lowest BCUT2D eigenvalue weighted by molar-refractivity contribution is -0.120. The Morgan fingerprint density at radius 2 is 1.93 bits per heavy atom. The number of nitrogens with one attached hydrogen (secondary N) is 1. The van der Waals surface area contributed by atoms with Crippen LogP contribution in [0.4, 0.5) is 4.39 Å². The molecule has 0 radical (unpaired) electrons. The average molecular weight is 386 g/mol. The highest BCUT2D eigenvalue weighted by Gasteiger charge is 2.29. The quantitative estimate of drug-likeness (QED) is 0.858. The topological polar surface area (TPSA) is 41.6 Å². The number of carbonyl (C=O) groups is 1. The monoisotopic (exact) mass is 386 g/mol. The van der Waals surface area contributed by atoms with Crippen molar-refractivity contribution in [1.29, 1.82) is 0 Å². The highest BCUT2D eigenvalue weighted by Crippen LogP contribution is 2.36. The van der Waals surface area contributed by atoms with Crippen molar-refractivity contribution in [1.82, 2.24) is 10.2 Å². The zero-order chi connectivity index (χ0) is 18.6. The average Bonchev–Trinajstić information content (AvgIpc) is 3.14. The molecule has 1 N–H and O–H groups in total. The van der Waals surface area contributed by atoms with Gasteiger partial charge < -0.3 is 10.1 Å². The van der Waals surface area contributed by atoms with Crippen molar-refractivity contribution in [2.75, 3.05) is 32.8 Å². The Bertz CT molecular complexity index is 768. The molecule has 2 heterocycles. The number of carbonyl (C=O) groups excluding carboxylic acids is 1. The zero-order valence-corrected chi connectivity index (χ0v) is 15.9. The van der Waals surface area contributed by atoms with Crippen molar-refractivity contribution in [3.05, 3.63) is 65.5 Å². The summed E-state index contributed by atoms with van der Waals surface area (Å²) in [6.45, 7) is 3.49. The first kappa shape index (κ1) is 18.5. The minimum absolute atomic E-state index is 0.0206. The van der Waals surface area contributed by atoms with Gasteiger partial charge in [0, 0.05) is 24.5 Å². The molecule has 2 aromatic carbocycles. The standard InChI is InChI=1S/C21H23FN2O2S/c22-17-7-5-15(6-8-17)18(24-9-11-26-12-10-24)14-23-21(25)20-13-16-3-1-2-4-19(16)27-20/h1-8,18,20H,9-14H2,(H,23,25). The second-order valence-electron chi connectivity index (χ2n) is 6.88. The largest absolute Gasteiger partial charge is 0.379 e. The molecule has 1 fully saturated rings. The van der Waals surface area contributed by atoms with Crippen LogP contribution in [0.2, 0.25) is 0 Å². The van der Waals surface area contributed by atoms with Crippen molar-refractivity contribution in [3.8, 4) is 0 Å². The van der Waals surface area contributed by atoms with E-state index in [9.17, 15) is 9.18 Å². The van der Waals surface area contributed by atoms with Crippen LogP contribution in [0.5, 0.6) is 0 Å². The maximum Gasteiger partial charge on any atom is 0.233 e. The van der Waals surface area contributed by atoms with Crippen LogP contribution in [0.25, 0.3) is 0 Å². The third kappa shape index (κ3) is 4.34. The number of hydrogen-bond donors (Lipinski definition) is 1. The Morgan fingerprint density at radius 3 is 2.67 bits per heavy atom. The first-order chi connectivity index (χ1) is 13.2. The highest BCUT2D eigenvalue weighted by molar-refractivity contribution is 8.01. The molecule has 0 aromatic heterocycles. The van der Waals surface area contributed by atoms with Crippen molar-refractivity contribution < 1.29 is 13.9 Å². The molecule has 0 bridgehead atoms. The van der Waals surface area contributed by atoms with Crippen molar-refractivity contribution >= 4 is 17.7 Å². The molecule has 142 valence electrons. The van der Waals surface area contributed by atoms with E-state index in [1.165, 1.54) is 22.6 Å². The fourth-order valence-corrected chi connectivity index (χ4v) is 4.89. The number of rotatable bonds is 5. The molecule has 2 aromatic rings. The van der Waals surface area contributed by atoms with E-state index in [1.807, 2.05) is 24.3 Å². The van der Waals surface area contributed by atoms with E-state index in [-0.39, 0.29) is 23.0 Å². The van der Waals surface area contributed by atoms with Crippen LogP contribution in [0.3, 0.4) is 0 Å². The fourth-order valence-electron chi connectivity index (χ4n) is 3.67. The van der Waals surface area contributed by atoms with E-state index in [0.717, 1.165) is 25.1 Å². The summed E-state index contributed by atoms with van der Waals surface area (Å²) in [6.07, 6.45) is 0.769. The zero-order valence-electron chi connectivity index (χ0n) is 15.1. The van der Waals surface area contributed by atoms with E-state index in [2.05, 4.69) is 22.3 Å². The first-order valence-corrected chi connectivity index (χ1v) is 10.2. The number of ether oxygens (including phenoxy) is 1. The molecule has 6 heteroatoms. The van der Waals surface area contributed by atoms with Crippen molar-refractivity contribution in [2.24, 2.45) is 0 Å². The number of nitrogens with zero attached hydrogens (tertiary/aromatic N) is 1. The van der Waals surface area contributed by atoms with Gasteiger partial charge in [0.2, 0.25) is 5.91 Å². The van der Waals surface area contributed by atoms with Gasteiger partial charge >= 0.3 is 0 Å². The van der Waals surface area contributed by atoms with E-state index < -0.39 is 0 Å². The van der Waals surface area contributed by atoms with Crippen LogP contribution < -0.4 is 5.32 Å². The molecule has 4 rings (SSSR count). The molecule has 2 aliphatic rings. The number of hydrogen-bond acceptors (Lipinski definition) is 4. The van der Waals surface area contributed by atoms with Gasteiger partial charge in [0.1, 0.15) is 5.82 Å². The van der Waals surface area contributed by atoms with Gasteiger partial charge in [-0.15, -0.1) is 11.8 Å². The second-order valence-corrected chi connectivity index (χ2v) is 8.12. The molecule has 27 heavy (non-hydrogen) atoms. The number of morpholine rings is 1. The maximum atomic E-state index is 13.3. The lowest BCUT2D eigenvalue weighted by atomic mass is 10.0. The predicted molar refractivity (Wildman–Crippen MR) is 104 cm³/mol. The number of benzene rings is 2. The smallest absolute Gasteiger partial charge is 0.233 e. The van der Waals surface area contributed by atoms with Gasteiger partial charge in [-0.05, 0) is 35.7 Å². The minimum Gasteiger partial charge on any atom is -0.379 e. The van der Waals surface area contributed by atoms with Gasteiger partial charge in [-0.1, -0.05) is 30.3 Å². The third-order valence-corrected chi connectivity index (χ3v) is 6.47. The van der Waals surface area contributed by atoms with Crippen LogP contribution in [0.15, 0.2) is 53.4 Å². The molecule has 1 amide bonds. The van der Waals surface area contributed by atoms with Gasteiger partial charge in [0.05, 0.1) is 24.5 Å². The summed E-state index contributed by atoms with van der Waals surface area (Å²) >= 11 is 1.63. The summed E-state index contributed by atoms with van der Waals surface area (Å²) in [5.41, 5.74) is 2.26. The SMILES string of the molecule is O=C(NCC(c1ccc(F)cc1)N1CCOCC1)C1Cc2ccccc2S1. The number of halogens is 1. The van der Waals surface area contributed by atoms with Gasteiger partial charge in [0.15, 0.2) is 0 Å². The number of amides is 1. The lowest BCUT2D eigenvalue weighted by Crippen LogP contribution is -2.45. The van der Waals surface area contributed by atoms with E-state index in [4.69, 9.17) is 4.74 Å². The summed E-state index contributed by atoms with van der Waals surface area (Å²) in [7, 11) is 0. The van der Waals surface area contributed by atoms with Crippen molar-refractivity contribution in [3.63, 3.8) is 0 Å². The molecule has 1 saturated heterocycles. The Kier molecular flexibility index (Phi) is 5.76. The molecular formula is C21H23FN2O2S. The van der Waals surface area contributed by atoms with Crippen LogP contribution in [0.1, 0.15) is 17.2 Å². The minimum atomic E-state index is -0.247. The normalized spacial score (nSPS) is 20.9. The van der Waals surface area contributed by atoms with Crippen LogP contribution in [-0.4, -0.2) is 48.9 Å². The number of fused-ring (bicyclic) bond motifs is 1. The molecule has 2 unspecified atom stereocenters. The lowest BCUT2D eigenvalue weighted by Gasteiger charge is -2.35. The van der Waals surface area contributed by atoms with Crippen molar-refractivity contribution in [2.45, 2.75) is 22.6 Å².